The minimum atomic E-state index is -4.35. The van der Waals surface area contributed by atoms with Crippen LogP contribution in [0.1, 0.15) is 22.3 Å². The Hall–Kier alpha value is -3.55. The first-order valence-electron chi connectivity index (χ1n) is 10.0. The van der Waals surface area contributed by atoms with E-state index in [1.807, 2.05) is 6.92 Å². The average Bonchev–Trinajstić information content (AvgIpc) is 3.11. The summed E-state index contributed by atoms with van der Waals surface area (Å²) in [5, 5.41) is 3.72. The summed E-state index contributed by atoms with van der Waals surface area (Å²) in [6.07, 6.45) is -0.952. The maximum atomic E-state index is 13.6. The lowest BCUT2D eigenvalue weighted by Crippen LogP contribution is -2.08. The van der Waals surface area contributed by atoms with E-state index in [2.05, 4.69) is 15.3 Å². The van der Waals surface area contributed by atoms with Crippen LogP contribution < -0.4 is 10.1 Å². The molecule has 4 nitrogen and oxygen atoms in total. The molecule has 0 bridgehead atoms. The third-order valence-electron chi connectivity index (χ3n) is 5.35. The lowest BCUT2D eigenvalue weighted by atomic mass is 10.0. The van der Waals surface area contributed by atoms with Crippen LogP contribution in [0.4, 0.5) is 29.1 Å². The van der Waals surface area contributed by atoms with Crippen molar-refractivity contribution in [2.75, 3.05) is 11.9 Å². The molecule has 166 valence electrons. The number of aryl methyl sites for hydroxylation is 1. The van der Waals surface area contributed by atoms with Crippen LogP contribution in [0.3, 0.4) is 0 Å². The second kappa shape index (κ2) is 8.53. The molecule has 0 amide bonds. The fourth-order valence-electron chi connectivity index (χ4n) is 3.53. The van der Waals surface area contributed by atoms with Gasteiger partial charge < -0.3 is 15.0 Å². The normalized spacial score (nSPS) is 11.7. The smallest absolute Gasteiger partial charge is 0.416 e. The van der Waals surface area contributed by atoms with Gasteiger partial charge in [0.2, 0.25) is 0 Å². The number of hydrogen-bond acceptors (Lipinski definition) is 3. The Balaban J connectivity index is 1.43. The molecule has 0 saturated heterocycles. The molecular weight excluding hydrogens is 422 g/mol. The molecule has 32 heavy (non-hydrogen) atoms. The summed E-state index contributed by atoms with van der Waals surface area (Å²) in [5.74, 6) is 0.915. The second-order valence-electron chi connectivity index (χ2n) is 7.54. The van der Waals surface area contributed by atoms with Crippen molar-refractivity contribution in [1.29, 1.82) is 0 Å². The topological polar surface area (TPSA) is 49.9 Å². The van der Waals surface area contributed by atoms with Gasteiger partial charge in [-0.25, -0.2) is 9.37 Å². The van der Waals surface area contributed by atoms with E-state index in [1.165, 1.54) is 12.3 Å². The number of nitrogens with zero attached hydrogens (tertiary/aromatic N) is 1. The first-order chi connectivity index (χ1) is 15.2. The summed E-state index contributed by atoms with van der Waals surface area (Å²) in [4.78, 5) is 7.23. The van der Waals surface area contributed by atoms with Crippen molar-refractivity contribution in [2.45, 2.75) is 26.4 Å². The number of benzene rings is 2. The highest BCUT2D eigenvalue weighted by Crippen LogP contribution is 2.31. The summed E-state index contributed by atoms with van der Waals surface area (Å²) >= 11 is 0. The van der Waals surface area contributed by atoms with Crippen molar-refractivity contribution in [2.24, 2.45) is 0 Å². The van der Waals surface area contributed by atoms with Gasteiger partial charge in [-0.3, -0.25) is 0 Å². The Kier molecular flexibility index (Phi) is 5.78. The minimum absolute atomic E-state index is 0.306. The lowest BCUT2D eigenvalue weighted by Gasteiger charge is -2.15. The van der Waals surface area contributed by atoms with Crippen LogP contribution >= 0.6 is 0 Å². The van der Waals surface area contributed by atoms with Crippen LogP contribution in [-0.4, -0.2) is 16.6 Å². The molecular formula is C24H21F4N3O. The van der Waals surface area contributed by atoms with Crippen molar-refractivity contribution in [3.63, 3.8) is 0 Å². The number of pyridine rings is 1. The number of aromatic nitrogens is 2. The van der Waals surface area contributed by atoms with E-state index in [0.29, 0.717) is 41.1 Å². The molecule has 2 aromatic carbocycles. The molecule has 0 saturated carbocycles. The molecule has 2 heterocycles. The van der Waals surface area contributed by atoms with Gasteiger partial charge in [0.15, 0.2) is 0 Å². The summed E-state index contributed by atoms with van der Waals surface area (Å²) in [5.41, 5.74) is 2.93. The fourth-order valence-corrected chi connectivity index (χ4v) is 3.53. The number of hydrogen-bond donors (Lipinski definition) is 2. The van der Waals surface area contributed by atoms with Gasteiger partial charge in [0.25, 0.3) is 0 Å². The van der Waals surface area contributed by atoms with Crippen molar-refractivity contribution in [3.05, 3.63) is 82.9 Å². The van der Waals surface area contributed by atoms with E-state index < -0.39 is 11.7 Å². The van der Waals surface area contributed by atoms with Crippen LogP contribution in [0.15, 0.2) is 54.9 Å². The lowest BCUT2D eigenvalue weighted by molar-refractivity contribution is -0.137. The molecule has 0 atom stereocenters. The third kappa shape index (κ3) is 4.54. The van der Waals surface area contributed by atoms with E-state index in [9.17, 15) is 17.6 Å². The highest BCUT2D eigenvalue weighted by molar-refractivity contribution is 5.84. The Bertz CT molecular complexity index is 1260. The SMILES string of the molecule is Cc1cc(C(F)(F)F)ccc1CCOc1ccnc(Nc2ccc3c(F)c[nH]c3c2)c1C. The van der Waals surface area contributed by atoms with Crippen molar-refractivity contribution >= 4 is 22.4 Å². The van der Waals surface area contributed by atoms with Crippen LogP contribution in [0.2, 0.25) is 0 Å². The van der Waals surface area contributed by atoms with Crippen LogP contribution in [0.5, 0.6) is 5.75 Å². The third-order valence-corrected chi connectivity index (χ3v) is 5.35. The molecule has 0 aliphatic carbocycles. The second-order valence-corrected chi connectivity index (χ2v) is 7.54. The Morgan fingerprint density at radius 1 is 1.06 bits per heavy atom. The zero-order chi connectivity index (χ0) is 22.9. The molecule has 0 radical (unpaired) electrons. The van der Waals surface area contributed by atoms with Crippen molar-refractivity contribution < 1.29 is 22.3 Å². The predicted octanol–water partition coefficient (Wildman–Crippen LogP) is 6.70. The van der Waals surface area contributed by atoms with Gasteiger partial charge in [-0.05, 0) is 61.4 Å². The number of nitrogens with one attached hydrogen (secondary N) is 2. The van der Waals surface area contributed by atoms with Gasteiger partial charge in [-0.2, -0.15) is 13.2 Å². The Morgan fingerprint density at radius 3 is 2.62 bits per heavy atom. The maximum Gasteiger partial charge on any atom is 0.416 e. The maximum absolute atomic E-state index is 13.6. The molecule has 8 heteroatoms. The highest BCUT2D eigenvalue weighted by atomic mass is 19.4. The van der Waals surface area contributed by atoms with Crippen LogP contribution in [0, 0.1) is 19.7 Å². The number of halogens is 4. The van der Waals surface area contributed by atoms with E-state index in [4.69, 9.17) is 4.74 Å². The number of aromatic amines is 1. The first-order valence-corrected chi connectivity index (χ1v) is 10.0. The van der Waals surface area contributed by atoms with Gasteiger partial charge in [-0.1, -0.05) is 6.07 Å². The number of fused-ring (bicyclic) bond motifs is 1. The van der Waals surface area contributed by atoms with Gasteiger partial charge in [0, 0.05) is 35.5 Å². The number of rotatable bonds is 6. The zero-order valence-corrected chi connectivity index (χ0v) is 17.5. The van der Waals surface area contributed by atoms with E-state index in [-0.39, 0.29) is 5.82 Å². The van der Waals surface area contributed by atoms with E-state index in [0.717, 1.165) is 28.9 Å². The average molecular weight is 443 g/mol. The molecule has 0 aliphatic heterocycles. The first kappa shape index (κ1) is 21.7. The standard InChI is InChI=1S/C24H21F4N3O/c1-14-11-17(24(26,27)28)4-3-16(14)8-10-32-22-7-9-29-23(15(22)2)31-18-5-6-19-20(25)13-30-21(19)12-18/h3-7,9,11-13,30H,8,10H2,1-2H3,(H,29,31). The molecule has 4 aromatic rings. The Morgan fingerprint density at radius 2 is 1.88 bits per heavy atom. The Labute approximate surface area is 182 Å². The molecule has 0 spiro atoms. The van der Waals surface area contributed by atoms with Gasteiger partial charge in [0.1, 0.15) is 17.4 Å². The molecule has 0 unspecified atom stereocenters. The molecule has 2 N–H and O–H groups in total. The molecule has 0 aliphatic rings. The van der Waals surface area contributed by atoms with Crippen molar-refractivity contribution in [3.8, 4) is 5.75 Å². The van der Waals surface area contributed by atoms with Gasteiger partial charge in [0.05, 0.1) is 17.7 Å². The molecule has 4 rings (SSSR count). The van der Waals surface area contributed by atoms with Gasteiger partial charge in [-0.15, -0.1) is 0 Å². The van der Waals surface area contributed by atoms with E-state index >= 15 is 0 Å². The van der Waals surface area contributed by atoms with Crippen molar-refractivity contribution in [1.82, 2.24) is 9.97 Å². The van der Waals surface area contributed by atoms with Gasteiger partial charge >= 0.3 is 6.18 Å². The monoisotopic (exact) mass is 443 g/mol. The number of anilines is 2. The highest BCUT2D eigenvalue weighted by Gasteiger charge is 2.30. The minimum Gasteiger partial charge on any atom is -0.493 e. The molecule has 2 aromatic heterocycles. The number of ether oxygens (including phenoxy) is 1. The quantitative estimate of drug-likeness (QED) is 0.326. The number of H-pyrrole nitrogens is 1. The summed E-state index contributed by atoms with van der Waals surface area (Å²) in [6, 6.07) is 10.7. The number of alkyl halides is 3. The summed E-state index contributed by atoms with van der Waals surface area (Å²) in [7, 11) is 0. The zero-order valence-electron chi connectivity index (χ0n) is 17.5. The largest absolute Gasteiger partial charge is 0.493 e. The predicted molar refractivity (Wildman–Crippen MR) is 116 cm³/mol. The van der Waals surface area contributed by atoms with Crippen LogP contribution in [-0.2, 0) is 12.6 Å². The molecule has 0 fully saturated rings. The van der Waals surface area contributed by atoms with E-state index in [1.54, 1.807) is 37.4 Å². The summed E-state index contributed by atoms with van der Waals surface area (Å²) < 4.78 is 58.0. The summed E-state index contributed by atoms with van der Waals surface area (Å²) in [6.45, 7) is 3.84. The fraction of sp³-hybridized carbons (Fsp3) is 0.208. The van der Waals surface area contributed by atoms with Crippen LogP contribution in [0.25, 0.3) is 10.9 Å².